The molecular weight excluding hydrogens is 416 g/mol. The summed E-state index contributed by atoms with van der Waals surface area (Å²) >= 11 is 0. The van der Waals surface area contributed by atoms with Gasteiger partial charge in [0.25, 0.3) is 5.79 Å². The minimum absolute atomic E-state index is 0.409. The number of benzene rings is 4. The summed E-state index contributed by atoms with van der Waals surface area (Å²) in [5, 5.41) is 4.90. The maximum Gasteiger partial charge on any atom is 0.292 e. The van der Waals surface area contributed by atoms with E-state index in [9.17, 15) is 0 Å². The van der Waals surface area contributed by atoms with Crippen LogP contribution in [0.1, 0.15) is 50.7 Å². The molecule has 0 aromatic heterocycles. The third kappa shape index (κ3) is 3.49. The minimum Gasteiger partial charge on any atom is -0.445 e. The first-order valence-electron chi connectivity index (χ1n) is 12.5. The SMILES string of the molecule is CCCCCC(C)C1=CC2(C=Cc3c(ccc4ccccc34)O2)Oc2ccc3ccccc3c21. The highest BCUT2D eigenvalue weighted by molar-refractivity contribution is 5.98. The maximum atomic E-state index is 6.66. The lowest BCUT2D eigenvalue weighted by molar-refractivity contribution is -0.0314. The van der Waals surface area contributed by atoms with E-state index in [1.165, 1.54) is 51.9 Å². The molecule has 34 heavy (non-hydrogen) atoms. The van der Waals surface area contributed by atoms with Crippen molar-refractivity contribution in [2.75, 3.05) is 0 Å². The molecule has 0 bridgehead atoms. The Morgan fingerprint density at radius 2 is 1.44 bits per heavy atom. The van der Waals surface area contributed by atoms with E-state index in [2.05, 4.69) is 105 Å². The van der Waals surface area contributed by atoms with Gasteiger partial charge in [-0.25, -0.2) is 0 Å². The van der Waals surface area contributed by atoms with Gasteiger partial charge in [0.2, 0.25) is 0 Å². The van der Waals surface area contributed by atoms with Crippen molar-refractivity contribution in [3.05, 3.63) is 96.1 Å². The largest absolute Gasteiger partial charge is 0.445 e. The van der Waals surface area contributed by atoms with Crippen LogP contribution in [0.4, 0.5) is 0 Å². The molecule has 2 aliphatic rings. The molecule has 1 spiro atoms. The molecule has 2 heterocycles. The zero-order valence-corrected chi connectivity index (χ0v) is 19.9. The highest BCUT2D eigenvalue weighted by Crippen LogP contribution is 2.47. The molecule has 2 nitrogen and oxygen atoms in total. The zero-order valence-electron chi connectivity index (χ0n) is 19.9. The van der Waals surface area contributed by atoms with E-state index in [1.54, 1.807) is 0 Å². The highest BCUT2D eigenvalue weighted by Gasteiger charge is 2.39. The van der Waals surface area contributed by atoms with Crippen LogP contribution < -0.4 is 9.47 Å². The van der Waals surface area contributed by atoms with Gasteiger partial charge in [-0.1, -0.05) is 93.8 Å². The summed E-state index contributed by atoms with van der Waals surface area (Å²) in [5.41, 5.74) is 3.65. The quantitative estimate of drug-likeness (QED) is 0.285. The van der Waals surface area contributed by atoms with Crippen molar-refractivity contribution in [2.45, 2.75) is 45.3 Å². The summed E-state index contributed by atoms with van der Waals surface area (Å²) in [6.07, 6.45) is 11.4. The normalized spacial score (nSPS) is 19.3. The fourth-order valence-electron chi connectivity index (χ4n) is 5.44. The highest BCUT2D eigenvalue weighted by atomic mass is 16.7. The smallest absolute Gasteiger partial charge is 0.292 e. The fraction of sp³-hybridized carbons (Fsp3) is 0.250. The van der Waals surface area contributed by atoms with Gasteiger partial charge in [0, 0.05) is 23.3 Å². The van der Waals surface area contributed by atoms with E-state index in [-0.39, 0.29) is 0 Å². The summed E-state index contributed by atoms with van der Waals surface area (Å²) in [6, 6.07) is 25.5. The molecule has 2 atom stereocenters. The van der Waals surface area contributed by atoms with Crippen LogP contribution >= 0.6 is 0 Å². The average Bonchev–Trinajstić information content (AvgIpc) is 2.87. The molecule has 0 radical (unpaired) electrons. The molecule has 2 aliphatic heterocycles. The molecule has 2 unspecified atom stereocenters. The average molecular weight is 447 g/mol. The van der Waals surface area contributed by atoms with Crippen molar-refractivity contribution in [3.8, 4) is 11.5 Å². The van der Waals surface area contributed by atoms with E-state index in [0.717, 1.165) is 23.5 Å². The third-order valence-corrected chi connectivity index (χ3v) is 7.26. The topological polar surface area (TPSA) is 18.5 Å². The first-order chi connectivity index (χ1) is 16.7. The van der Waals surface area contributed by atoms with Gasteiger partial charge < -0.3 is 9.47 Å². The van der Waals surface area contributed by atoms with E-state index in [1.807, 2.05) is 0 Å². The van der Waals surface area contributed by atoms with Crippen LogP contribution in [0.2, 0.25) is 0 Å². The van der Waals surface area contributed by atoms with Gasteiger partial charge in [-0.2, -0.15) is 0 Å². The van der Waals surface area contributed by atoms with Crippen molar-refractivity contribution < 1.29 is 9.47 Å². The lowest BCUT2D eigenvalue weighted by atomic mass is 9.83. The lowest BCUT2D eigenvalue weighted by Crippen LogP contribution is -2.42. The fourth-order valence-corrected chi connectivity index (χ4v) is 5.44. The Morgan fingerprint density at radius 1 is 0.765 bits per heavy atom. The van der Waals surface area contributed by atoms with Crippen LogP contribution in [-0.2, 0) is 0 Å². The van der Waals surface area contributed by atoms with Crippen molar-refractivity contribution in [3.63, 3.8) is 0 Å². The third-order valence-electron chi connectivity index (χ3n) is 7.26. The number of rotatable bonds is 5. The van der Waals surface area contributed by atoms with E-state index in [0.29, 0.717) is 5.92 Å². The van der Waals surface area contributed by atoms with Crippen molar-refractivity contribution >= 4 is 33.2 Å². The van der Waals surface area contributed by atoms with Crippen LogP contribution in [-0.4, -0.2) is 5.79 Å². The van der Waals surface area contributed by atoms with Crippen molar-refractivity contribution in [1.82, 2.24) is 0 Å². The first-order valence-corrected chi connectivity index (χ1v) is 12.5. The Kier molecular flexibility index (Phi) is 5.17. The molecule has 4 aromatic rings. The molecule has 0 saturated carbocycles. The van der Waals surface area contributed by atoms with Crippen LogP contribution in [0.5, 0.6) is 11.5 Å². The molecule has 0 aliphatic carbocycles. The summed E-state index contributed by atoms with van der Waals surface area (Å²) in [6.45, 7) is 4.61. The van der Waals surface area contributed by atoms with Gasteiger partial charge in [0.05, 0.1) is 0 Å². The molecule has 4 aromatic carbocycles. The Morgan fingerprint density at radius 3 is 2.24 bits per heavy atom. The van der Waals surface area contributed by atoms with Gasteiger partial charge >= 0.3 is 0 Å². The van der Waals surface area contributed by atoms with Crippen LogP contribution in [0.25, 0.3) is 33.2 Å². The molecule has 0 saturated heterocycles. The Hall–Kier alpha value is -3.52. The number of fused-ring (bicyclic) bond motifs is 6. The van der Waals surface area contributed by atoms with Gasteiger partial charge in [-0.3, -0.25) is 0 Å². The van der Waals surface area contributed by atoms with E-state index < -0.39 is 5.79 Å². The van der Waals surface area contributed by atoms with E-state index >= 15 is 0 Å². The lowest BCUT2D eigenvalue weighted by Gasteiger charge is -2.38. The maximum absolute atomic E-state index is 6.66. The van der Waals surface area contributed by atoms with Gasteiger partial charge in [0.15, 0.2) is 0 Å². The van der Waals surface area contributed by atoms with E-state index in [4.69, 9.17) is 9.47 Å². The first kappa shape index (κ1) is 21.0. The molecular formula is C32H30O2. The summed E-state index contributed by atoms with van der Waals surface area (Å²) in [4.78, 5) is 0. The number of ether oxygens (including phenoxy) is 2. The Balaban J connectivity index is 1.48. The van der Waals surface area contributed by atoms with Crippen LogP contribution in [0.3, 0.4) is 0 Å². The second kappa shape index (κ2) is 8.36. The second-order valence-electron chi connectivity index (χ2n) is 9.61. The molecule has 6 rings (SSSR count). The van der Waals surface area contributed by atoms with Gasteiger partial charge in [-0.15, -0.1) is 0 Å². The van der Waals surface area contributed by atoms with Crippen molar-refractivity contribution in [2.24, 2.45) is 5.92 Å². The summed E-state index contributed by atoms with van der Waals surface area (Å²) in [5.74, 6) is 1.23. The molecule has 0 fully saturated rings. The van der Waals surface area contributed by atoms with Crippen molar-refractivity contribution in [1.29, 1.82) is 0 Å². The summed E-state index contributed by atoms with van der Waals surface area (Å²) < 4.78 is 13.3. The molecule has 0 N–H and O–H groups in total. The predicted octanol–water partition coefficient (Wildman–Crippen LogP) is 8.79. The minimum atomic E-state index is -0.931. The zero-order chi connectivity index (χ0) is 23.1. The Labute approximate surface area is 201 Å². The number of allylic oxidation sites excluding steroid dienone is 1. The molecule has 2 heteroatoms. The summed E-state index contributed by atoms with van der Waals surface area (Å²) in [7, 11) is 0. The Bertz CT molecular complexity index is 1440. The van der Waals surface area contributed by atoms with Gasteiger partial charge in [-0.05, 0) is 57.7 Å². The number of hydrogen-bond acceptors (Lipinski definition) is 2. The van der Waals surface area contributed by atoms with Crippen LogP contribution in [0, 0.1) is 5.92 Å². The standard InChI is InChI=1S/C32H30O2/c1-3-4-5-10-22(2)28-21-32(34-30-18-16-24-12-7-9-14-26(24)31(28)30)20-19-27-25-13-8-6-11-23(25)15-17-29(27)33-32/h6-9,11-22H,3-5,10H2,1-2H3. The van der Waals surface area contributed by atoms with Crippen LogP contribution in [0.15, 0.2) is 84.9 Å². The molecule has 170 valence electrons. The number of hydrogen-bond donors (Lipinski definition) is 0. The predicted molar refractivity (Wildman–Crippen MR) is 142 cm³/mol. The second-order valence-corrected chi connectivity index (χ2v) is 9.61. The van der Waals surface area contributed by atoms with Gasteiger partial charge in [0.1, 0.15) is 11.5 Å². The monoisotopic (exact) mass is 446 g/mol. The molecule has 0 amide bonds. The number of unbranched alkanes of at least 4 members (excludes halogenated alkanes) is 2.